The number of hydrogen-bond acceptors (Lipinski definition) is 4. The maximum atomic E-state index is 11.9. The fourth-order valence-corrected chi connectivity index (χ4v) is 2.50. The Morgan fingerprint density at radius 3 is 2.56 bits per heavy atom. The zero-order chi connectivity index (χ0) is 13.6. The van der Waals surface area contributed by atoms with Gasteiger partial charge in [-0.3, -0.25) is 0 Å². The van der Waals surface area contributed by atoms with E-state index in [9.17, 15) is 8.42 Å². The average molecular weight is 272 g/mol. The zero-order valence-electron chi connectivity index (χ0n) is 10.8. The van der Waals surface area contributed by atoms with E-state index in [1.54, 1.807) is 18.2 Å². The molecular weight excluding hydrogens is 252 g/mol. The van der Waals surface area contributed by atoms with Gasteiger partial charge in [0.15, 0.2) is 0 Å². The quantitative estimate of drug-likeness (QED) is 0.711. The number of sulfonamides is 1. The highest BCUT2D eigenvalue weighted by atomic mass is 32.2. The van der Waals surface area contributed by atoms with Gasteiger partial charge in [0.05, 0.1) is 18.1 Å². The third kappa shape index (κ3) is 4.38. The van der Waals surface area contributed by atoms with Crippen LogP contribution in [0.2, 0.25) is 0 Å². The molecule has 6 heteroatoms. The number of nitrogens with one attached hydrogen (secondary N) is 1. The molecule has 1 aromatic rings. The molecule has 0 aromatic heterocycles. The summed E-state index contributed by atoms with van der Waals surface area (Å²) < 4.78 is 31.5. The molecule has 0 saturated carbocycles. The molecule has 102 valence electrons. The molecule has 3 N–H and O–H groups in total. The molecule has 0 atom stereocenters. The number of hydrogen-bond donors (Lipinski definition) is 2. The molecule has 18 heavy (non-hydrogen) atoms. The fourth-order valence-electron chi connectivity index (χ4n) is 1.40. The predicted molar refractivity (Wildman–Crippen MR) is 71.0 cm³/mol. The highest BCUT2D eigenvalue weighted by Gasteiger charge is 2.13. The largest absolute Gasteiger partial charge is 0.379 e. The van der Waals surface area contributed by atoms with E-state index < -0.39 is 10.0 Å². The average Bonchev–Trinajstić information content (AvgIpc) is 2.32. The molecule has 0 aliphatic heterocycles. The first-order chi connectivity index (χ1) is 8.47. The lowest BCUT2D eigenvalue weighted by molar-refractivity contribution is 0.147. The van der Waals surface area contributed by atoms with E-state index in [0.29, 0.717) is 19.8 Å². The van der Waals surface area contributed by atoms with Gasteiger partial charge >= 0.3 is 0 Å². The number of aryl methyl sites for hydroxylation is 2. The molecule has 0 amide bonds. The lowest BCUT2D eigenvalue weighted by atomic mass is 10.1. The van der Waals surface area contributed by atoms with Crippen molar-refractivity contribution in [3.63, 3.8) is 0 Å². The molecular formula is C12H20N2O3S. The van der Waals surface area contributed by atoms with Gasteiger partial charge in [-0.05, 0) is 37.1 Å². The van der Waals surface area contributed by atoms with Gasteiger partial charge in [0.25, 0.3) is 0 Å². The zero-order valence-corrected chi connectivity index (χ0v) is 11.6. The van der Waals surface area contributed by atoms with Gasteiger partial charge in [-0.2, -0.15) is 0 Å². The molecule has 0 bridgehead atoms. The Hall–Kier alpha value is -0.950. The highest BCUT2D eigenvalue weighted by Crippen LogP contribution is 2.14. The number of benzene rings is 1. The van der Waals surface area contributed by atoms with Crippen LogP contribution >= 0.6 is 0 Å². The molecule has 0 aliphatic carbocycles. The first kappa shape index (κ1) is 15.1. The van der Waals surface area contributed by atoms with Crippen molar-refractivity contribution in [2.24, 2.45) is 5.73 Å². The van der Waals surface area contributed by atoms with E-state index in [0.717, 1.165) is 11.1 Å². The van der Waals surface area contributed by atoms with Crippen LogP contribution in [0.4, 0.5) is 0 Å². The lowest BCUT2D eigenvalue weighted by Gasteiger charge is -2.08. The summed E-state index contributed by atoms with van der Waals surface area (Å²) in [6.45, 7) is 5.27. The van der Waals surface area contributed by atoms with E-state index >= 15 is 0 Å². The van der Waals surface area contributed by atoms with Gasteiger partial charge in [-0.15, -0.1) is 0 Å². The van der Waals surface area contributed by atoms with Crippen LogP contribution in [0.15, 0.2) is 23.1 Å². The maximum Gasteiger partial charge on any atom is 0.240 e. The molecule has 0 heterocycles. The Bertz CT molecular complexity index is 486. The van der Waals surface area contributed by atoms with Crippen molar-refractivity contribution in [1.29, 1.82) is 0 Å². The van der Waals surface area contributed by atoms with E-state index in [1.165, 1.54) is 0 Å². The molecule has 0 fully saturated rings. The van der Waals surface area contributed by atoms with Crippen molar-refractivity contribution in [1.82, 2.24) is 4.72 Å². The molecule has 0 spiro atoms. The maximum absolute atomic E-state index is 11.9. The van der Waals surface area contributed by atoms with Crippen LogP contribution in [0.3, 0.4) is 0 Å². The van der Waals surface area contributed by atoms with Crippen LogP contribution in [0.5, 0.6) is 0 Å². The van der Waals surface area contributed by atoms with Gasteiger partial charge in [0, 0.05) is 13.1 Å². The fraction of sp³-hybridized carbons (Fsp3) is 0.500. The third-order valence-corrected chi connectivity index (χ3v) is 4.05. The Balaban J connectivity index is 2.60. The summed E-state index contributed by atoms with van der Waals surface area (Å²) in [6, 6.07) is 5.07. The van der Waals surface area contributed by atoms with Crippen molar-refractivity contribution in [2.45, 2.75) is 18.7 Å². The van der Waals surface area contributed by atoms with Gasteiger partial charge in [-0.1, -0.05) is 6.07 Å². The van der Waals surface area contributed by atoms with Crippen LogP contribution in [-0.2, 0) is 14.8 Å². The number of rotatable bonds is 7. The SMILES string of the molecule is Cc1ccc(S(=O)(=O)NCCOCCN)cc1C. The number of nitrogens with two attached hydrogens (primary N) is 1. The van der Waals surface area contributed by atoms with Gasteiger partial charge in [0.2, 0.25) is 10.0 Å². The van der Waals surface area contributed by atoms with Crippen molar-refractivity contribution in [3.8, 4) is 0 Å². The summed E-state index contributed by atoms with van der Waals surface area (Å²) in [6.07, 6.45) is 0. The summed E-state index contributed by atoms with van der Waals surface area (Å²) in [7, 11) is -3.45. The first-order valence-electron chi connectivity index (χ1n) is 5.82. The van der Waals surface area contributed by atoms with Crippen molar-refractivity contribution in [3.05, 3.63) is 29.3 Å². The second-order valence-electron chi connectivity index (χ2n) is 4.04. The Kier molecular flexibility index (Phi) is 5.74. The van der Waals surface area contributed by atoms with Crippen molar-refractivity contribution < 1.29 is 13.2 Å². The lowest BCUT2D eigenvalue weighted by Crippen LogP contribution is -2.28. The molecule has 1 rings (SSSR count). The van der Waals surface area contributed by atoms with Crippen LogP contribution < -0.4 is 10.5 Å². The smallest absolute Gasteiger partial charge is 0.240 e. The van der Waals surface area contributed by atoms with Crippen LogP contribution in [0, 0.1) is 13.8 Å². The van der Waals surface area contributed by atoms with Crippen LogP contribution in [0.1, 0.15) is 11.1 Å². The summed E-state index contributed by atoms with van der Waals surface area (Å²) >= 11 is 0. The summed E-state index contributed by atoms with van der Waals surface area (Å²) in [5.41, 5.74) is 7.28. The summed E-state index contributed by atoms with van der Waals surface area (Å²) in [4.78, 5) is 0.282. The predicted octanol–water partition coefficient (Wildman–Crippen LogP) is 0.557. The molecule has 0 saturated heterocycles. The Morgan fingerprint density at radius 2 is 1.94 bits per heavy atom. The van der Waals surface area contributed by atoms with Crippen molar-refractivity contribution >= 4 is 10.0 Å². The molecule has 1 aromatic carbocycles. The normalized spacial score (nSPS) is 11.7. The minimum absolute atomic E-state index is 0.245. The summed E-state index contributed by atoms with van der Waals surface area (Å²) in [5.74, 6) is 0. The van der Waals surface area contributed by atoms with Crippen LogP contribution in [0.25, 0.3) is 0 Å². The monoisotopic (exact) mass is 272 g/mol. The second-order valence-corrected chi connectivity index (χ2v) is 5.81. The van der Waals surface area contributed by atoms with E-state index in [1.807, 2.05) is 13.8 Å². The van der Waals surface area contributed by atoms with Crippen LogP contribution in [-0.4, -0.2) is 34.7 Å². The highest BCUT2D eigenvalue weighted by molar-refractivity contribution is 7.89. The standard InChI is InChI=1S/C12H20N2O3S/c1-10-3-4-12(9-11(10)2)18(15,16)14-6-8-17-7-5-13/h3-4,9,14H,5-8,13H2,1-2H3. The van der Waals surface area contributed by atoms with Gasteiger partial charge in [-0.25, -0.2) is 13.1 Å². The minimum atomic E-state index is -3.45. The van der Waals surface area contributed by atoms with E-state index in [-0.39, 0.29) is 11.4 Å². The van der Waals surface area contributed by atoms with Gasteiger partial charge in [0.1, 0.15) is 0 Å². The third-order valence-electron chi connectivity index (χ3n) is 2.59. The minimum Gasteiger partial charge on any atom is -0.379 e. The molecule has 0 aliphatic rings. The van der Waals surface area contributed by atoms with E-state index in [2.05, 4.69) is 4.72 Å². The number of ether oxygens (including phenoxy) is 1. The Labute approximate surface area is 108 Å². The summed E-state index contributed by atoms with van der Waals surface area (Å²) in [5, 5.41) is 0. The van der Waals surface area contributed by atoms with E-state index in [4.69, 9.17) is 10.5 Å². The molecule has 5 nitrogen and oxygen atoms in total. The Morgan fingerprint density at radius 1 is 1.22 bits per heavy atom. The van der Waals surface area contributed by atoms with Crippen molar-refractivity contribution in [2.75, 3.05) is 26.3 Å². The molecule has 0 unspecified atom stereocenters. The second kappa shape index (κ2) is 6.84. The first-order valence-corrected chi connectivity index (χ1v) is 7.30. The van der Waals surface area contributed by atoms with Gasteiger partial charge < -0.3 is 10.5 Å². The topological polar surface area (TPSA) is 81.4 Å². The molecule has 0 radical (unpaired) electrons.